The average molecular weight is 344 g/mol. The fraction of sp³-hybridized carbons (Fsp3) is 0.500. The maximum atomic E-state index is 11.8. The number of aliphatic imine (C=N–C) groups is 1. The van der Waals surface area contributed by atoms with Gasteiger partial charge in [-0.15, -0.1) is 0 Å². The minimum absolute atomic E-state index is 0.0706. The molecular formula is C18H24N4O3. The molecule has 2 aliphatic rings. The largest absolute Gasteiger partial charge is 0.488 e. The minimum Gasteiger partial charge on any atom is -0.488 e. The van der Waals surface area contributed by atoms with E-state index in [1.165, 1.54) is 10.5 Å². The van der Waals surface area contributed by atoms with Crippen LogP contribution in [-0.2, 0) is 16.0 Å². The van der Waals surface area contributed by atoms with Crippen LogP contribution < -0.4 is 15.4 Å². The second-order valence-electron chi connectivity index (χ2n) is 6.22. The lowest BCUT2D eigenvalue weighted by atomic mass is 10.1. The van der Waals surface area contributed by atoms with Crippen LogP contribution in [-0.4, -0.2) is 55.5 Å². The van der Waals surface area contributed by atoms with Crippen LogP contribution in [0.3, 0.4) is 0 Å². The second kappa shape index (κ2) is 8.00. The van der Waals surface area contributed by atoms with Gasteiger partial charge in [0.1, 0.15) is 11.9 Å². The highest BCUT2D eigenvalue weighted by atomic mass is 16.5. The van der Waals surface area contributed by atoms with Crippen molar-refractivity contribution in [2.24, 2.45) is 4.99 Å². The number of carbonyl (C=O) groups excluding carboxylic acids is 2. The summed E-state index contributed by atoms with van der Waals surface area (Å²) < 4.78 is 5.89. The number of benzene rings is 1. The summed E-state index contributed by atoms with van der Waals surface area (Å²) in [7, 11) is 1.69. The van der Waals surface area contributed by atoms with Gasteiger partial charge in [-0.2, -0.15) is 0 Å². The molecule has 0 spiro atoms. The molecule has 7 heteroatoms. The van der Waals surface area contributed by atoms with Gasteiger partial charge in [-0.05, 0) is 18.1 Å². The van der Waals surface area contributed by atoms with Crippen molar-refractivity contribution in [2.75, 3.05) is 26.7 Å². The summed E-state index contributed by atoms with van der Waals surface area (Å²) in [4.78, 5) is 29.0. The molecule has 7 nitrogen and oxygen atoms in total. The number of piperidine rings is 1. The standard InChI is InChI=1S/C18H24N4O3/c1-19-18(20-9-10-22-16(23)7-4-8-17(22)24)21-12-14-11-13-5-2-3-6-15(13)25-14/h2-3,5-6,14H,4,7-12H2,1H3,(H2,19,20,21). The molecule has 0 aromatic heterocycles. The number of ether oxygens (including phenoxy) is 1. The normalized spacial score (nSPS) is 20.3. The third-order valence-electron chi connectivity index (χ3n) is 4.45. The number of hydrogen-bond donors (Lipinski definition) is 2. The Bertz CT molecular complexity index is 633. The molecular weight excluding hydrogens is 320 g/mol. The number of para-hydroxylation sites is 1. The van der Waals surface area contributed by atoms with Crippen molar-refractivity contribution in [1.29, 1.82) is 0 Å². The van der Waals surface area contributed by atoms with Gasteiger partial charge in [-0.1, -0.05) is 18.2 Å². The third kappa shape index (κ3) is 4.29. The van der Waals surface area contributed by atoms with Crippen LogP contribution in [0.5, 0.6) is 5.75 Å². The molecule has 1 aromatic rings. The van der Waals surface area contributed by atoms with Crippen LogP contribution in [0.2, 0.25) is 0 Å². The summed E-state index contributed by atoms with van der Waals surface area (Å²) in [6, 6.07) is 8.05. The van der Waals surface area contributed by atoms with Gasteiger partial charge in [-0.25, -0.2) is 0 Å². The first-order valence-electron chi connectivity index (χ1n) is 8.69. The van der Waals surface area contributed by atoms with Gasteiger partial charge < -0.3 is 15.4 Å². The van der Waals surface area contributed by atoms with Crippen molar-refractivity contribution in [3.05, 3.63) is 29.8 Å². The Labute approximate surface area is 147 Å². The summed E-state index contributed by atoms with van der Waals surface area (Å²) in [6.07, 6.45) is 2.52. The quantitative estimate of drug-likeness (QED) is 0.467. The number of likely N-dealkylation sites (tertiary alicyclic amines) is 1. The Balaban J connectivity index is 1.40. The molecule has 1 atom stereocenters. The van der Waals surface area contributed by atoms with Gasteiger partial charge in [0, 0.05) is 39.4 Å². The van der Waals surface area contributed by atoms with Gasteiger partial charge in [0.25, 0.3) is 0 Å². The van der Waals surface area contributed by atoms with Gasteiger partial charge in [0.2, 0.25) is 11.8 Å². The second-order valence-corrected chi connectivity index (χ2v) is 6.22. The van der Waals surface area contributed by atoms with E-state index >= 15 is 0 Å². The third-order valence-corrected chi connectivity index (χ3v) is 4.45. The maximum Gasteiger partial charge on any atom is 0.229 e. The lowest BCUT2D eigenvalue weighted by Gasteiger charge is -2.25. The Hall–Kier alpha value is -2.57. The predicted octanol–water partition coefficient (Wildman–Crippen LogP) is 0.694. The van der Waals surface area contributed by atoms with Gasteiger partial charge >= 0.3 is 0 Å². The van der Waals surface area contributed by atoms with E-state index in [0.717, 1.165) is 12.2 Å². The van der Waals surface area contributed by atoms with Gasteiger partial charge in [-0.3, -0.25) is 19.5 Å². The molecule has 0 aliphatic carbocycles. The first kappa shape index (κ1) is 17.3. The molecule has 3 rings (SSSR count). The van der Waals surface area contributed by atoms with Crippen LogP contribution in [0.4, 0.5) is 0 Å². The zero-order valence-corrected chi connectivity index (χ0v) is 14.5. The zero-order chi connectivity index (χ0) is 17.6. The Kier molecular flexibility index (Phi) is 5.53. The monoisotopic (exact) mass is 344 g/mol. The number of nitrogens with zero attached hydrogens (tertiary/aromatic N) is 2. The number of amides is 2. The Morgan fingerprint density at radius 2 is 2.00 bits per heavy atom. The van der Waals surface area contributed by atoms with Crippen molar-refractivity contribution in [2.45, 2.75) is 31.8 Å². The number of hydrogen-bond acceptors (Lipinski definition) is 4. The summed E-state index contributed by atoms with van der Waals surface area (Å²) in [5, 5.41) is 6.37. The smallest absolute Gasteiger partial charge is 0.229 e. The molecule has 1 fully saturated rings. The molecule has 0 bridgehead atoms. The SMILES string of the molecule is CN=C(NCCN1C(=O)CCCC1=O)NCC1Cc2ccccc2O1. The molecule has 25 heavy (non-hydrogen) atoms. The molecule has 1 unspecified atom stereocenters. The first-order chi connectivity index (χ1) is 12.2. The summed E-state index contributed by atoms with van der Waals surface area (Å²) in [5.41, 5.74) is 1.22. The molecule has 2 amide bonds. The van der Waals surface area contributed by atoms with Crippen LogP contribution in [0.15, 0.2) is 29.3 Å². The van der Waals surface area contributed by atoms with Crippen molar-refractivity contribution in [1.82, 2.24) is 15.5 Å². The fourth-order valence-electron chi connectivity index (χ4n) is 3.13. The highest BCUT2D eigenvalue weighted by molar-refractivity contribution is 5.97. The van der Waals surface area contributed by atoms with E-state index in [2.05, 4.69) is 21.7 Å². The molecule has 0 saturated carbocycles. The van der Waals surface area contributed by atoms with E-state index < -0.39 is 0 Å². The van der Waals surface area contributed by atoms with Gasteiger partial charge in [0.15, 0.2) is 5.96 Å². The van der Waals surface area contributed by atoms with E-state index in [0.29, 0.717) is 44.9 Å². The highest BCUT2D eigenvalue weighted by Crippen LogP contribution is 2.27. The number of carbonyl (C=O) groups is 2. The lowest BCUT2D eigenvalue weighted by Crippen LogP contribution is -2.47. The number of nitrogens with one attached hydrogen (secondary N) is 2. The molecule has 134 valence electrons. The first-order valence-corrected chi connectivity index (χ1v) is 8.69. The molecule has 2 heterocycles. The van der Waals surface area contributed by atoms with Gasteiger partial charge in [0.05, 0.1) is 6.54 Å². The Morgan fingerprint density at radius 3 is 2.72 bits per heavy atom. The van der Waals surface area contributed by atoms with Crippen molar-refractivity contribution in [3.8, 4) is 5.75 Å². The number of guanidine groups is 1. The fourth-order valence-corrected chi connectivity index (χ4v) is 3.13. The zero-order valence-electron chi connectivity index (χ0n) is 14.5. The van der Waals surface area contributed by atoms with E-state index in [-0.39, 0.29) is 17.9 Å². The number of imide groups is 1. The highest BCUT2D eigenvalue weighted by Gasteiger charge is 2.25. The summed E-state index contributed by atoms with van der Waals surface area (Å²) in [5.74, 6) is 1.41. The molecule has 0 radical (unpaired) electrons. The maximum absolute atomic E-state index is 11.8. The van der Waals surface area contributed by atoms with Crippen LogP contribution in [0.25, 0.3) is 0 Å². The predicted molar refractivity (Wildman–Crippen MR) is 94.5 cm³/mol. The van der Waals surface area contributed by atoms with Crippen LogP contribution in [0.1, 0.15) is 24.8 Å². The minimum atomic E-state index is -0.0851. The average Bonchev–Trinajstić information content (AvgIpc) is 3.03. The number of rotatable bonds is 5. The topological polar surface area (TPSA) is 83.0 Å². The lowest BCUT2D eigenvalue weighted by molar-refractivity contribution is -0.147. The van der Waals surface area contributed by atoms with Crippen molar-refractivity contribution in [3.63, 3.8) is 0 Å². The molecule has 2 aliphatic heterocycles. The molecule has 1 saturated heterocycles. The summed E-state index contributed by atoms with van der Waals surface area (Å²) >= 11 is 0. The van der Waals surface area contributed by atoms with E-state index in [1.807, 2.05) is 18.2 Å². The van der Waals surface area contributed by atoms with Crippen LogP contribution >= 0.6 is 0 Å². The van der Waals surface area contributed by atoms with Crippen molar-refractivity contribution >= 4 is 17.8 Å². The van der Waals surface area contributed by atoms with E-state index in [1.54, 1.807) is 7.05 Å². The summed E-state index contributed by atoms with van der Waals surface area (Å²) in [6.45, 7) is 1.47. The van der Waals surface area contributed by atoms with Crippen LogP contribution in [0, 0.1) is 0 Å². The van der Waals surface area contributed by atoms with E-state index in [9.17, 15) is 9.59 Å². The van der Waals surface area contributed by atoms with Crippen molar-refractivity contribution < 1.29 is 14.3 Å². The molecule has 1 aromatic carbocycles. The van der Waals surface area contributed by atoms with E-state index in [4.69, 9.17) is 4.74 Å². The number of fused-ring (bicyclic) bond motifs is 1. The Morgan fingerprint density at radius 1 is 1.24 bits per heavy atom. The molecule has 2 N–H and O–H groups in total.